The Morgan fingerprint density at radius 3 is 2.29 bits per heavy atom. The summed E-state index contributed by atoms with van der Waals surface area (Å²) in [6.45, 7) is -0.0507. The van der Waals surface area contributed by atoms with Crippen LogP contribution in [0, 0.1) is 0 Å². The second kappa shape index (κ2) is 10.2. The Morgan fingerprint density at radius 2 is 1.74 bits per heavy atom. The van der Waals surface area contributed by atoms with Crippen molar-refractivity contribution in [1.82, 2.24) is 4.98 Å². The van der Waals surface area contributed by atoms with Crippen LogP contribution in [0.15, 0.2) is 60.8 Å². The number of halogens is 5. The number of hydrogen-bond donors (Lipinski definition) is 1. The molecule has 0 fully saturated rings. The van der Waals surface area contributed by atoms with E-state index < -0.39 is 27.8 Å². The van der Waals surface area contributed by atoms with Crippen LogP contribution in [-0.2, 0) is 34.0 Å². The predicted octanol–water partition coefficient (Wildman–Crippen LogP) is 5.55. The van der Waals surface area contributed by atoms with Crippen LogP contribution in [0.2, 0.25) is 10.0 Å². The van der Waals surface area contributed by atoms with E-state index in [1.807, 2.05) is 0 Å². The largest absolute Gasteiger partial charge is 0.433 e. The van der Waals surface area contributed by atoms with E-state index in [2.05, 4.69) is 10.3 Å². The van der Waals surface area contributed by atoms with Crippen molar-refractivity contribution in [2.75, 3.05) is 15.9 Å². The van der Waals surface area contributed by atoms with Gasteiger partial charge in [0.25, 0.3) is 0 Å². The lowest BCUT2D eigenvalue weighted by atomic mass is 10.2. The Bertz CT molecular complexity index is 1280. The first kappa shape index (κ1) is 25.8. The first-order valence-corrected chi connectivity index (χ1v) is 12.3. The van der Waals surface area contributed by atoms with Gasteiger partial charge < -0.3 is 5.32 Å². The highest BCUT2D eigenvalue weighted by Gasteiger charge is 2.32. The average molecular weight is 532 g/mol. The summed E-state index contributed by atoms with van der Waals surface area (Å²) in [6, 6.07) is 12.9. The maximum absolute atomic E-state index is 12.6. The average Bonchev–Trinajstić information content (AvgIpc) is 2.74. The van der Waals surface area contributed by atoms with Crippen molar-refractivity contribution in [3.63, 3.8) is 0 Å². The highest BCUT2D eigenvalue weighted by atomic mass is 35.5. The number of amides is 1. The van der Waals surface area contributed by atoms with Crippen molar-refractivity contribution in [1.29, 1.82) is 0 Å². The van der Waals surface area contributed by atoms with Crippen molar-refractivity contribution < 1.29 is 26.4 Å². The molecule has 0 saturated heterocycles. The van der Waals surface area contributed by atoms with Crippen LogP contribution < -0.4 is 9.62 Å². The van der Waals surface area contributed by atoms with Gasteiger partial charge in [-0.3, -0.25) is 14.1 Å². The molecule has 0 radical (unpaired) electrons. The van der Waals surface area contributed by atoms with Crippen LogP contribution in [0.4, 0.5) is 24.5 Å². The van der Waals surface area contributed by atoms with Crippen molar-refractivity contribution in [2.45, 2.75) is 19.1 Å². The maximum atomic E-state index is 12.6. The molecule has 34 heavy (non-hydrogen) atoms. The van der Waals surface area contributed by atoms with E-state index in [9.17, 15) is 26.4 Å². The van der Waals surface area contributed by atoms with Crippen molar-refractivity contribution in [2.24, 2.45) is 0 Å². The molecule has 0 bridgehead atoms. The first-order chi connectivity index (χ1) is 15.8. The maximum Gasteiger partial charge on any atom is 0.433 e. The topological polar surface area (TPSA) is 79.4 Å². The third kappa shape index (κ3) is 6.62. The summed E-state index contributed by atoms with van der Waals surface area (Å²) >= 11 is 12.2. The van der Waals surface area contributed by atoms with Crippen molar-refractivity contribution >= 4 is 50.5 Å². The lowest BCUT2D eigenvalue weighted by molar-refractivity contribution is -0.141. The number of alkyl halides is 3. The number of anilines is 2. The van der Waals surface area contributed by atoms with E-state index in [0.717, 1.165) is 22.8 Å². The van der Waals surface area contributed by atoms with E-state index >= 15 is 0 Å². The predicted molar refractivity (Wildman–Crippen MR) is 126 cm³/mol. The summed E-state index contributed by atoms with van der Waals surface area (Å²) in [5.41, 5.74) is 0.499. The number of hydrogen-bond acceptors (Lipinski definition) is 4. The number of carbonyl (C=O) groups excluding carboxylic acids is 1. The molecule has 2 aromatic carbocycles. The van der Waals surface area contributed by atoms with Crippen molar-refractivity contribution in [3.8, 4) is 0 Å². The van der Waals surface area contributed by atoms with Gasteiger partial charge in [-0.15, -0.1) is 0 Å². The summed E-state index contributed by atoms with van der Waals surface area (Å²) in [4.78, 5) is 15.6. The van der Waals surface area contributed by atoms with E-state index in [0.29, 0.717) is 27.5 Å². The first-order valence-electron chi connectivity index (χ1n) is 9.67. The molecule has 0 aliphatic rings. The van der Waals surface area contributed by atoms with Crippen LogP contribution in [0.3, 0.4) is 0 Å². The Balaban J connectivity index is 1.71. The van der Waals surface area contributed by atoms with Crippen LogP contribution in [0.25, 0.3) is 0 Å². The monoisotopic (exact) mass is 531 g/mol. The van der Waals surface area contributed by atoms with Gasteiger partial charge in [-0.05, 0) is 47.5 Å². The molecule has 0 aliphatic heterocycles. The minimum absolute atomic E-state index is 0.0507. The quantitative estimate of drug-likeness (QED) is 0.433. The highest BCUT2D eigenvalue weighted by Crippen LogP contribution is 2.30. The number of nitrogens with one attached hydrogen (secondary N) is 1. The van der Waals surface area contributed by atoms with E-state index in [4.69, 9.17) is 23.2 Å². The normalized spacial score (nSPS) is 11.8. The molecule has 1 aromatic heterocycles. The third-order valence-corrected chi connectivity index (χ3v) is 6.66. The molecule has 12 heteroatoms. The fraction of sp³-hybridized carbons (Fsp3) is 0.182. The van der Waals surface area contributed by atoms with Crippen LogP contribution in [0.5, 0.6) is 0 Å². The zero-order valence-electron chi connectivity index (χ0n) is 17.6. The third-order valence-electron chi connectivity index (χ3n) is 4.66. The fourth-order valence-corrected chi connectivity index (χ4v) is 4.28. The van der Waals surface area contributed by atoms with Gasteiger partial charge in [-0.1, -0.05) is 41.4 Å². The number of sulfonamides is 1. The number of rotatable bonds is 7. The number of benzene rings is 2. The standard InChI is InChI=1S/C22H18Cl2F3N3O3S/c1-34(32,33)30(13-15-3-2-4-18(23)21(15)24)17-8-6-16(7-9-17)29-20(31)11-14-5-10-19(28-12-14)22(25,26)27/h2-10,12H,11,13H2,1H3,(H,29,31). The van der Waals surface area contributed by atoms with Gasteiger partial charge in [0.1, 0.15) is 5.69 Å². The number of aromatic nitrogens is 1. The van der Waals surface area contributed by atoms with Crippen LogP contribution in [-0.4, -0.2) is 25.6 Å². The molecule has 180 valence electrons. The smallest absolute Gasteiger partial charge is 0.326 e. The lowest BCUT2D eigenvalue weighted by Crippen LogP contribution is -2.29. The molecule has 3 rings (SSSR count). The molecule has 0 unspecified atom stereocenters. The number of pyridine rings is 1. The zero-order valence-corrected chi connectivity index (χ0v) is 19.9. The summed E-state index contributed by atoms with van der Waals surface area (Å²) in [6.07, 6.45) is -2.69. The summed E-state index contributed by atoms with van der Waals surface area (Å²) in [5, 5.41) is 3.16. The molecule has 1 heterocycles. The van der Waals surface area contributed by atoms with E-state index in [-0.39, 0.29) is 18.0 Å². The van der Waals surface area contributed by atoms with Gasteiger partial charge in [0.15, 0.2) is 0 Å². The van der Waals surface area contributed by atoms with Gasteiger partial charge >= 0.3 is 6.18 Å². The van der Waals surface area contributed by atoms with Crippen molar-refractivity contribution in [3.05, 3.63) is 87.7 Å². The van der Waals surface area contributed by atoms with E-state index in [1.165, 1.54) is 30.3 Å². The summed E-state index contributed by atoms with van der Waals surface area (Å²) in [7, 11) is -3.68. The lowest BCUT2D eigenvalue weighted by Gasteiger charge is -2.23. The molecule has 0 spiro atoms. The molecular weight excluding hydrogens is 514 g/mol. The number of carbonyl (C=O) groups is 1. The second-order valence-corrected chi connectivity index (χ2v) is 10.00. The number of nitrogens with zero attached hydrogens (tertiary/aromatic N) is 2. The molecule has 0 atom stereocenters. The molecule has 3 aromatic rings. The Kier molecular flexibility index (Phi) is 7.74. The van der Waals surface area contributed by atoms with E-state index in [1.54, 1.807) is 18.2 Å². The molecule has 0 aliphatic carbocycles. The highest BCUT2D eigenvalue weighted by molar-refractivity contribution is 7.92. The van der Waals surface area contributed by atoms with Gasteiger partial charge in [-0.25, -0.2) is 8.42 Å². The summed E-state index contributed by atoms with van der Waals surface area (Å²) in [5.74, 6) is -0.472. The molecular formula is C22H18Cl2F3N3O3S. The van der Waals surface area contributed by atoms with Gasteiger partial charge in [0.05, 0.1) is 35.0 Å². The second-order valence-electron chi connectivity index (χ2n) is 7.30. The van der Waals surface area contributed by atoms with Gasteiger partial charge in [-0.2, -0.15) is 13.2 Å². The minimum atomic E-state index is -4.56. The van der Waals surface area contributed by atoms with Gasteiger partial charge in [0.2, 0.25) is 15.9 Å². The Morgan fingerprint density at radius 1 is 1.06 bits per heavy atom. The molecule has 1 N–H and O–H groups in total. The Labute approximate surface area is 204 Å². The fourth-order valence-electron chi connectivity index (χ4n) is 3.02. The molecule has 1 amide bonds. The minimum Gasteiger partial charge on any atom is -0.326 e. The van der Waals surface area contributed by atoms with Gasteiger partial charge in [0, 0.05) is 11.9 Å². The Hall–Kier alpha value is -2.82. The van der Waals surface area contributed by atoms with Crippen LogP contribution >= 0.6 is 23.2 Å². The molecule has 0 saturated carbocycles. The summed E-state index contributed by atoms with van der Waals surface area (Å²) < 4.78 is 63.7. The zero-order chi connectivity index (χ0) is 25.1. The van der Waals surface area contributed by atoms with Crippen LogP contribution in [0.1, 0.15) is 16.8 Å². The SMILES string of the molecule is CS(=O)(=O)N(Cc1cccc(Cl)c1Cl)c1ccc(NC(=O)Cc2ccc(C(F)(F)F)nc2)cc1. The molecule has 6 nitrogen and oxygen atoms in total.